The zero-order chi connectivity index (χ0) is 24.3. The van der Waals surface area contributed by atoms with Crippen LogP contribution in [0.1, 0.15) is 36.5 Å². The van der Waals surface area contributed by atoms with E-state index in [-0.39, 0.29) is 25.4 Å². The van der Waals surface area contributed by atoms with Crippen LogP contribution in [-0.4, -0.2) is 37.0 Å². The molecule has 2 N–H and O–H groups in total. The predicted molar refractivity (Wildman–Crippen MR) is 128 cm³/mol. The lowest BCUT2D eigenvalue weighted by molar-refractivity contribution is -0.147. The Labute approximate surface area is 197 Å². The van der Waals surface area contributed by atoms with Gasteiger partial charge in [0.1, 0.15) is 0 Å². The fraction of sp³-hybridized carbons (Fsp3) is 0.231. The van der Waals surface area contributed by atoms with E-state index in [9.17, 15) is 19.2 Å². The Hall–Kier alpha value is -4.20. The van der Waals surface area contributed by atoms with Gasteiger partial charge in [-0.05, 0) is 49.1 Å². The van der Waals surface area contributed by atoms with Gasteiger partial charge in [-0.25, -0.2) is 4.79 Å². The van der Waals surface area contributed by atoms with Gasteiger partial charge in [0.15, 0.2) is 6.61 Å². The van der Waals surface area contributed by atoms with Gasteiger partial charge in [-0.1, -0.05) is 36.4 Å². The van der Waals surface area contributed by atoms with E-state index in [1.54, 1.807) is 19.1 Å². The summed E-state index contributed by atoms with van der Waals surface area (Å²) in [7, 11) is 0. The minimum atomic E-state index is -0.564. The van der Waals surface area contributed by atoms with Gasteiger partial charge in [-0.2, -0.15) is 0 Å². The number of rotatable bonds is 10. The predicted octanol–water partition coefficient (Wildman–Crippen LogP) is 4.31. The number of carbonyl (C=O) groups is 4. The number of esters is 2. The van der Waals surface area contributed by atoms with Crippen molar-refractivity contribution in [2.45, 2.75) is 26.2 Å². The average molecular weight is 463 g/mol. The number of amides is 2. The van der Waals surface area contributed by atoms with Crippen molar-refractivity contribution >= 4 is 45.9 Å². The van der Waals surface area contributed by atoms with Gasteiger partial charge >= 0.3 is 11.9 Å². The number of benzene rings is 3. The van der Waals surface area contributed by atoms with Gasteiger partial charge in [-0.15, -0.1) is 0 Å². The maximum Gasteiger partial charge on any atom is 0.338 e. The Morgan fingerprint density at radius 1 is 0.765 bits per heavy atom. The minimum absolute atomic E-state index is 0.0183. The summed E-state index contributed by atoms with van der Waals surface area (Å²) in [6.45, 7) is 1.55. The third kappa shape index (κ3) is 7.16. The Balaban J connectivity index is 1.36. The number of hydrogen-bond acceptors (Lipinski definition) is 6. The molecule has 3 aromatic rings. The number of fused-ring (bicyclic) bond motifs is 1. The molecule has 0 atom stereocenters. The highest BCUT2D eigenvalue weighted by atomic mass is 16.5. The lowest BCUT2D eigenvalue weighted by atomic mass is 10.1. The van der Waals surface area contributed by atoms with Crippen LogP contribution in [0.25, 0.3) is 10.8 Å². The number of carbonyl (C=O) groups excluding carboxylic acids is 4. The summed E-state index contributed by atoms with van der Waals surface area (Å²) in [5.41, 5.74) is 1.55. The van der Waals surface area contributed by atoms with Crippen LogP contribution in [0.15, 0.2) is 66.7 Å². The second-order valence-corrected chi connectivity index (χ2v) is 7.44. The van der Waals surface area contributed by atoms with E-state index in [1.165, 1.54) is 12.1 Å². The van der Waals surface area contributed by atoms with Crippen molar-refractivity contribution in [3.8, 4) is 0 Å². The maximum atomic E-state index is 12.3. The van der Waals surface area contributed by atoms with Crippen molar-refractivity contribution < 1.29 is 28.7 Å². The van der Waals surface area contributed by atoms with Crippen LogP contribution in [0, 0.1) is 0 Å². The summed E-state index contributed by atoms with van der Waals surface area (Å²) in [5.74, 6) is -1.72. The Bertz CT molecular complexity index is 1170. The first-order valence-corrected chi connectivity index (χ1v) is 11.0. The van der Waals surface area contributed by atoms with Crippen LogP contribution < -0.4 is 10.6 Å². The van der Waals surface area contributed by atoms with Gasteiger partial charge in [-0.3, -0.25) is 14.4 Å². The molecular formula is C26H26N2O6. The summed E-state index contributed by atoms with van der Waals surface area (Å²) in [5, 5.41) is 7.42. The fourth-order valence-electron chi connectivity index (χ4n) is 3.26. The molecule has 0 aliphatic carbocycles. The number of anilines is 2. The molecular weight excluding hydrogens is 436 g/mol. The largest absolute Gasteiger partial charge is 0.462 e. The molecule has 0 fully saturated rings. The second-order valence-electron chi connectivity index (χ2n) is 7.44. The van der Waals surface area contributed by atoms with Crippen LogP contribution >= 0.6 is 0 Å². The molecule has 34 heavy (non-hydrogen) atoms. The number of ether oxygens (including phenoxy) is 2. The number of hydrogen-bond donors (Lipinski definition) is 2. The van der Waals surface area contributed by atoms with Gasteiger partial charge in [0, 0.05) is 29.6 Å². The van der Waals surface area contributed by atoms with Gasteiger partial charge in [0.25, 0.3) is 5.91 Å². The second kappa shape index (κ2) is 12.2. The van der Waals surface area contributed by atoms with E-state index < -0.39 is 24.5 Å². The quantitative estimate of drug-likeness (QED) is 0.435. The standard InChI is InChI=1S/C26H26N2O6/c1-2-33-26(32)19-13-15-20(16-14-19)27-24(30)17-34-25(31)12-6-11-23(29)28-22-10-5-8-18-7-3-4-9-21(18)22/h3-5,7-10,13-16H,2,6,11-12,17H2,1H3,(H,27,30)(H,28,29). The van der Waals surface area contributed by atoms with Gasteiger partial charge in [0.05, 0.1) is 12.2 Å². The highest BCUT2D eigenvalue weighted by Gasteiger charge is 2.11. The van der Waals surface area contributed by atoms with Crippen LogP contribution in [0.4, 0.5) is 11.4 Å². The molecule has 0 aliphatic rings. The average Bonchev–Trinajstić information content (AvgIpc) is 2.83. The molecule has 3 aromatic carbocycles. The molecule has 0 unspecified atom stereocenters. The highest BCUT2D eigenvalue weighted by molar-refractivity contribution is 6.02. The Kier molecular flexibility index (Phi) is 8.73. The number of nitrogens with one attached hydrogen (secondary N) is 2. The first-order valence-electron chi connectivity index (χ1n) is 11.0. The van der Waals surface area contributed by atoms with Gasteiger partial charge < -0.3 is 20.1 Å². The minimum Gasteiger partial charge on any atom is -0.462 e. The van der Waals surface area contributed by atoms with E-state index in [1.807, 2.05) is 42.5 Å². The van der Waals surface area contributed by atoms with Crippen molar-refractivity contribution in [2.75, 3.05) is 23.8 Å². The topological polar surface area (TPSA) is 111 Å². The van der Waals surface area contributed by atoms with Crippen molar-refractivity contribution in [3.05, 3.63) is 72.3 Å². The molecule has 8 nitrogen and oxygen atoms in total. The SMILES string of the molecule is CCOC(=O)c1ccc(NC(=O)COC(=O)CCCC(=O)Nc2cccc3ccccc23)cc1. The maximum absolute atomic E-state index is 12.3. The van der Waals surface area contributed by atoms with Crippen molar-refractivity contribution in [3.63, 3.8) is 0 Å². The highest BCUT2D eigenvalue weighted by Crippen LogP contribution is 2.23. The van der Waals surface area contributed by atoms with E-state index in [4.69, 9.17) is 9.47 Å². The van der Waals surface area contributed by atoms with E-state index in [2.05, 4.69) is 10.6 Å². The Morgan fingerprint density at radius 3 is 2.26 bits per heavy atom. The normalized spacial score (nSPS) is 10.4. The van der Waals surface area contributed by atoms with Crippen molar-refractivity contribution in [2.24, 2.45) is 0 Å². The molecule has 3 rings (SSSR count). The molecule has 0 bridgehead atoms. The van der Waals surface area contributed by atoms with Crippen molar-refractivity contribution in [1.82, 2.24) is 0 Å². The summed E-state index contributed by atoms with van der Waals surface area (Å²) in [6.07, 6.45) is 0.466. The summed E-state index contributed by atoms with van der Waals surface area (Å²) >= 11 is 0. The molecule has 0 heterocycles. The molecule has 8 heteroatoms. The molecule has 0 aliphatic heterocycles. The lowest BCUT2D eigenvalue weighted by Gasteiger charge is -2.09. The molecule has 0 aromatic heterocycles. The van der Waals surface area contributed by atoms with Crippen LogP contribution in [0.3, 0.4) is 0 Å². The molecule has 0 saturated heterocycles. The Morgan fingerprint density at radius 2 is 1.50 bits per heavy atom. The summed E-state index contributed by atoms with van der Waals surface area (Å²) in [4.78, 5) is 47.8. The van der Waals surface area contributed by atoms with Crippen LogP contribution in [0.5, 0.6) is 0 Å². The third-order valence-corrected chi connectivity index (χ3v) is 4.89. The molecule has 0 radical (unpaired) electrons. The molecule has 0 spiro atoms. The first-order chi connectivity index (χ1) is 16.5. The smallest absolute Gasteiger partial charge is 0.338 e. The van der Waals surface area contributed by atoms with E-state index in [0.29, 0.717) is 17.7 Å². The zero-order valence-corrected chi connectivity index (χ0v) is 18.8. The van der Waals surface area contributed by atoms with E-state index in [0.717, 1.165) is 16.5 Å². The van der Waals surface area contributed by atoms with Crippen LogP contribution in [-0.2, 0) is 23.9 Å². The monoisotopic (exact) mass is 462 g/mol. The van der Waals surface area contributed by atoms with Crippen LogP contribution in [0.2, 0.25) is 0 Å². The molecule has 2 amide bonds. The summed E-state index contributed by atoms with van der Waals surface area (Å²) < 4.78 is 9.87. The summed E-state index contributed by atoms with van der Waals surface area (Å²) in [6, 6.07) is 19.6. The third-order valence-electron chi connectivity index (χ3n) is 4.89. The van der Waals surface area contributed by atoms with Gasteiger partial charge in [0.2, 0.25) is 5.91 Å². The fourth-order valence-corrected chi connectivity index (χ4v) is 3.26. The first kappa shape index (κ1) is 24.4. The van der Waals surface area contributed by atoms with Crippen molar-refractivity contribution in [1.29, 1.82) is 0 Å². The molecule has 176 valence electrons. The zero-order valence-electron chi connectivity index (χ0n) is 18.8. The lowest BCUT2D eigenvalue weighted by Crippen LogP contribution is -2.21. The van der Waals surface area contributed by atoms with E-state index >= 15 is 0 Å². The molecule has 0 saturated carbocycles.